The number of hydrogen-bond donors (Lipinski definition) is 5. The molecule has 0 fully saturated rings. The molecular weight excluding hydrogens is 637 g/mol. The Bertz CT molecular complexity index is 1830. The van der Waals surface area contributed by atoms with Crippen LogP contribution in [0.3, 0.4) is 0 Å². The van der Waals surface area contributed by atoms with Crippen molar-refractivity contribution >= 4 is 73.4 Å². The Morgan fingerprint density at radius 2 is 0.891 bits per heavy atom. The highest BCUT2D eigenvalue weighted by molar-refractivity contribution is 6.33. The number of fused-ring (bicyclic) bond motifs is 2. The van der Waals surface area contributed by atoms with E-state index in [4.69, 9.17) is 57.1 Å². The summed E-state index contributed by atoms with van der Waals surface area (Å²) in [7, 11) is 0. The van der Waals surface area contributed by atoms with Gasteiger partial charge in [-0.1, -0.05) is 126 Å². The molecule has 7 rings (SSSR count). The number of phenols is 2. The van der Waals surface area contributed by atoms with E-state index >= 15 is 0 Å². The number of anilines is 3. The summed E-state index contributed by atoms with van der Waals surface area (Å²) < 4.78 is 0. The Hall–Kier alpha value is -5.07. The van der Waals surface area contributed by atoms with E-state index in [0.29, 0.717) is 32.9 Å². The maximum absolute atomic E-state index is 9.37. The normalized spacial score (nSPS) is 9.63. The summed E-state index contributed by atoms with van der Waals surface area (Å²) in [4.78, 5) is 0. The quantitative estimate of drug-likeness (QED) is 0.103. The zero-order chi connectivity index (χ0) is 33.3. The van der Waals surface area contributed by atoms with E-state index in [1.54, 1.807) is 66.7 Å². The van der Waals surface area contributed by atoms with Crippen molar-refractivity contribution in [3.05, 3.63) is 173 Å². The van der Waals surface area contributed by atoms with Gasteiger partial charge in [0, 0.05) is 16.1 Å². The van der Waals surface area contributed by atoms with Gasteiger partial charge in [0.25, 0.3) is 0 Å². The topological polar surface area (TPSA) is 119 Å². The Morgan fingerprint density at radius 1 is 0.413 bits per heavy atom. The van der Waals surface area contributed by atoms with E-state index < -0.39 is 0 Å². The fourth-order valence-electron chi connectivity index (χ4n) is 3.80. The predicted molar refractivity (Wildman–Crippen MR) is 199 cm³/mol. The number of halogens is 3. The van der Waals surface area contributed by atoms with Gasteiger partial charge < -0.3 is 27.4 Å². The van der Waals surface area contributed by atoms with E-state index in [1.807, 2.05) is 91.0 Å². The number of phenolic OH excluding ortho intramolecular Hbond substituents is 2. The van der Waals surface area contributed by atoms with Crippen LogP contribution in [0.1, 0.15) is 0 Å². The van der Waals surface area contributed by atoms with Gasteiger partial charge in [-0.15, -0.1) is 0 Å². The highest BCUT2D eigenvalue weighted by atomic mass is 35.5. The smallest absolute Gasteiger partial charge is 0.123 e. The third kappa shape index (κ3) is 12.1. The maximum Gasteiger partial charge on any atom is 0.123 e. The summed E-state index contributed by atoms with van der Waals surface area (Å²) >= 11 is 16.7. The molecular formula is C38H34Cl3N3O2. The van der Waals surface area contributed by atoms with Crippen LogP contribution < -0.4 is 17.2 Å². The number of para-hydroxylation sites is 2. The van der Waals surface area contributed by atoms with Crippen molar-refractivity contribution in [2.75, 3.05) is 17.2 Å². The minimum atomic E-state index is 0.323. The molecule has 0 aliphatic carbocycles. The van der Waals surface area contributed by atoms with Crippen molar-refractivity contribution in [1.29, 1.82) is 0 Å². The molecule has 0 saturated heterocycles. The van der Waals surface area contributed by atoms with Crippen molar-refractivity contribution in [1.82, 2.24) is 0 Å². The molecule has 0 spiro atoms. The predicted octanol–water partition coefficient (Wildman–Crippen LogP) is 10.9. The first-order valence-electron chi connectivity index (χ1n) is 14.0. The highest BCUT2D eigenvalue weighted by Gasteiger charge is 1.95. The van der Waals surface area contributed by atoms with Gasteiger partial charge in [-0.25, -0.2) is 0 Å². The summed E-state index contributed by atoms with van der Waals surface area (Å²) in [5, 5.41) is 24.7. The lowest BCUT2D eigenvalue weighted by molar-refractivity contribution is 0.476. The minimum Gasteiger partial charge on any atom is -0.508 e. The third-order valence-electron chi connectivity index (χ3n) is 6.18. The fraction of sp³-hybridized carbons (Fsp3) is 0. The molecule has 0 aliphatic rings. The van der Waals surface area contributed by atoms with Gasteiger partial charge in [0.1, 0.15) is 11.5 Å². The second-order valence-electron chi connectivity index (χ2n) is 9.62. The molecule has 0 heterocycles. The molecule has 0 amide bonds. The van der Waals surface area contributed by atoms with Crippen LogP contribution in [0.15, 0.2) is 158 Å². The molecule has 7 aromatic carbocycles. The molecule has 8 heteroatoms. The molecule has 234 valence electrons. The lowest BCUT2D eigenvalue weighted by Gasteiger charge is -1.97. The third-order valence-corrected chi connectivity index (χ3v) is 7.12. The lowest BCUT2D eigenvalue weighted by atomic mass is 10.1. The van der Waals surface area contributed by atoms with Gasteiger partial charge in [0.05, 0.1) is 21.4 Å². The van der Waals surface area contributed by atoms with Gasteiger partial charge in [0.2, 0.25) is 0 Å². The lowest BCUT2D eigenvalue weighted by Crippen LogP contribution is -1.82. The largest absolute Gasteiger partial charge is 0.508 e. The molecule has 46 heavy (non-hydrogen) atoms. The Morgan fingerprint density at radius 3 is 1.39 bits per heavy atom. The second-order valence-corrected chi connectivity index (χ2v) is 10.9. The first kappa shape index (κ1) is 35.4. The van der Waals surface area contributed by atoms with Crippen LogP contribution >= 0.6 is 34.8 Å². The molecule has 8 N–H and O–H groups in total. The molecule has 5 nitrogen and oxygen atoms in total. The zero-order valence-electron chi connectivity index (χ0n) is 24.8. The van der Waals surface area contributed by atoms with Crippen molar-refractivity contribution < 1.29 is 10.2 Å². The second kappa shape index (κ2) is 18.7. The van der Waals surface area contributed by atoms with E-state index in [2.05, 4.69) is 0 Å². The average molecular weight is 671 g/mol. The van der Waals surface area contributed by atoms with E-state index in [1.165, 1.54) is 0 Å². The Balaban J connectivity index is 0.000000158. The molecule has 0 atom stereocenters. The Labute approximate surface area is 284 Å². The van der Waals surface area contributed by atoms with Crippen LogP contribution in [0.2, 0.25) is 15.1 Å². The number of hydrogen-bond acceptors (Lipinski definition) is 5. The van der Waals surface area contributed by atoms with Gasteiger partial charge in [0.15, 0.2) is 0 Å². The maximum atomic E-state index is 9.37. The first-order valence-corrected chi connectivity index (χ1v) is 15.1. The summed E-state index contributed by atoms with van der Waals surface area (Å²) in [6.07, 6.45) is 0. The zero-order valence-corrected chi connectivity index (χ0v) is 27.0. The van der Waals surface area contributed by atoms with E-state index in [0.717, 1.165) is 32.3 Å². The summed E-state index contributed by atoms with van der Waals surface area (Å²) in [5.41, 5.74) is 18.2. The summed E-state index contributed by atoms with van der Waals surface area (Å²) in [6, 6.07) is 48.1. The van der Waals surface area contributed by atoms with Crippen LogP contribution in [0.25, 0.3) is 21.5 Å². The SMILES string of the molecule is Nc1ccc(Cl)cc1.Nc1ccccc1Cl.Nc1ccccc1Cl.Oc1ccc2ccccc2c1.Oc1cccc2ccccc12. The van der Waals surface area contributed by atoms with Crippen LogP contribution in [-0.2, 0) is 0 Å². The van der Waals surface area contributed by atoms with Gasteiger partial charge in [-0.2, -0.15) is 0 Å². The van der Waals surface area contributed by atoms with Crippen LogP contribution in [-0.4, -0.2) is 10.2 Å². The molecule has 0 saturated carbocycles. The number of nitrogens with two attached hydrogens (primary N) is 3. The van der Waals surface area contributed by atoms with Crippen LogP contribution in [0.4, 0.5) is 17.1 Å². The van der Waals surface area contributed by atoms with Crippen molar-refractivity contribution in [2.24, 2.45) is 0 Å². The highest BCUT2D eigenvalue weighted by Crippen LogP contribution is 2.23. The molecule has 0 unspecified atom stereocenters. The molecule has 0 bridgehead atoms. The van der Waals surface area contributed by atoms with Crippen molar-refractivity contribution in [3.63, 3.8) is 0 Å². The fourth-order valence-corrected chi connectivity index (χ4v) is 4.20. The van der Waals surface area contributed by atoms with Gasteiger partial charge in [-0.3, -0.25) is 0 Å². The molecule has 0 aliphatic heterocycles. The minimum absolute atomic E-state index is 0.323. The van der Waals surface area contributed by atoms with Crippen molar-refractivity contribution in [3.8, 4) is 11.5 Å². The number of rotatable bonds is 0. The number of benzene rings is 7. The number of nitrogen functional groups attached to an aromatic ring is 3. The van der Waals surface area contributed by atoms with Gasteiger partial charge >= 0.3 is 0 Å². The first-order chi connectivity index (χ1) is 22.1. The average Bonchev–Trinajstić information content (AvgIpc) is 3.07. The van der Waals surface area contributed by atoms with Crippen LogP contribution in [0.5, 0.6) is 11.5 Å². The van der Waals surface area contributed by atoms with Gasteiger partial charge in [-0.05, 0) is 82.9 Å². The molecule has 0 radical (unpaired) electrons. The number of aromatic hydroxyl groups is 2. The van der Waals surface area contributed by atoms with Crippen LogP contribution in [0, 0.1) is 0 Å². The van der Waals surface area contributed by atoms with E-state index in [-0.39, 0.29) is 0 Å². The standard InChI is InChI=1S/2C10H8O.3C6H6ClN/c11-10-7-3-5-8-4-1-2-6-9(8)10;11-10-6-5-8-3-1-2-4-9(8)7-10;7-5-1-3-6(8)4-2-5;2*7-5-3-1-2-4-6(5)8/h2*1-7,11H;3*1-4H,8H2. The van der Waals surface area contributed by atoms with Crippen molar-refractivity contribution in [2.45, 2.75) is 0 Å². The Kier molecular flexibility index (Phi) is 14.4. The molecule has 0 aromatic heterocycles. The van der Waals surface area contributed by atoms with E-state index in [9.17, 15) is 5.11 Å². The molecule has 7 aromatic rings. The summed E-state index contributed by atoms with van der Waals surface area (Å²) in [5.74, 6) is 0.673. The summed E-state index contributed by atoms with van der Waals surface area (Å²) in [6.45, 7) is 0. The monoisotopic (exact) mass is 669 g/mol.